The van der Waals surface area contributed by atoms with Gasteiger partial charge in [-0.15, -0.1) is 0 Å². The van der Waals surface area contributed by atoms with Crippen molar-refractivity contribution in [3.8, 4) is 0 Å². The lowest BCUT2D eigenvalue weighted by Gasteiger charge is -2.21. The highest BCUT2D eigenvalue weighted by Crippen LogP contribution is 2.25. The van der Waals surface area contributed by atoms with Crippen molar-refractivity contribution < 1.29 is 8.42 Å². The van der Waals surface area contributed by atoms with Gasteiger partial charge in [0.1, 0.15) is 0 Å². The molecule has 3 N–H and O–H groups in total. The molecule has 0 unspecified atom stereocenters. The Morgan fingerprint density at radius 3 is 2.68 bits per heavy atom. The molecule has 0 atom stereocenters. The van der Waals surface area contributed by atoms with E-state index in [2.05, 4.69) is 20.7 Å². The van der Waals surface area contributed by atoms with E-state index in [1.54, 1.807) is 12.1 Å². The van der Waals surface area contributed by atoms with Crippen molar-refractivity contribution >= 4 is 43.4 Å². The van der Waals surface area contributed by atoms with Gasteiger partial charge in [-0.25, -0.2) is 13.1 Å². The topological polar surface area (TPSA) is 72.2 Å². The van der Waals surface area contributed by atoms with Crippen molar-refractivity contribution in [3.63, 3.8) is 0 Å². The maximum absolute atomic E-state index is 12.2. The molecule has 106 valence electrons. The van der Waals surface area contributed by atoms with Gasteiger partial charge >= 0.3 is 0 Å². The molecule has 0 aromatic heterocycles. The third-order valence-electron chi connectivity index (χ3n) is 3.15. The first-order valence-electron chi connectivity index (χ1n) is 6.11. The molecule has 0 amide bonds. The quantitative estimate of drug-likeness (QED) is 0.804. The lowest BCUT2D eigenvalue weighted by Crippen LogP contribution is -2.31. The second-order valence-corrected chi connectivity index (χ2v) is 8.41. The normalized spacial score (nSPS) is 17.5. The third kappa shape index (κ3) is 4.11. The number of sulfonamides is 1. The van der Waals surface area contributed by atoms with E-state index in [0.29, 0.717) is 22.6 Å². The maximum Gasteiger partial charge on any atom is 0.241 e. The van der Waals surface area contributed by atoms with Gasteiger partial charge in [0.05, 0.1) is 4.90 Å². The second-order valence-electron chi connectivity index (χ2n) is 4.60. The van der Waals surface area contributed by atoms with Gasteiger partial charge in [0, 0.05) is 16.7 Å². The monoisotopic (exact) mass is 364 g/mol. The van der Waals surface area contributed by atoms with Crippen LogP contribution in [0.15, 0.2) is 27.6 Å². The molecule has 1 heterocycles. The lowest BCUT2D eigenvalue weighted by atomic mass is 10.0. The summed E-state index contributed by atoms with van der Waals surface area (Å²) in [6.45, 7) is 0.514. The zero-order valence-corrected chi connectivity index (χ0v) is 13.7. The van der Waals surface area contributed by atoms with E-state index in [0.717, 1.165) is 24.3 Å². The number of rotatable bonds is 4. The number of hydrogen-bond acceptors (Lipinski definition) is 4. The summed E-state index contributed by atoms with van der Waals surface area (Å²) in [5, 5.41) is 0. The third-order valence-corrected chi connectivity index (χ3v) is 6.60. The summed E-state index contributed by atoms with van der Waals surface area (Å²) in [5.41, 5.74) is 6.15. The zero-order chi connectivity index (χ0) is 13.9. The number of halogens is 1. The Morgan fingerprint density at radius 1 is 1.37 bits per heavy atom. The molecule has 0 radical (unpaired) electrons. The Labute approximate surface area is 126 Å². The van der Waals surface area contributed by atoms with Crippen LogP contribution < -0.4 is 10.5 Å². The maximum atomic E-state index is 12.2. The van der Waals surface area contributed by atoms with E-state index in [1.807, 2.05) is 11.8 Å². The van der Waals surface area contributed by atoms with Gasteiger partial charge in [-0.1, -0.05) is 0 Å². The van der Waals surface area contributed by atoms with Crippen LogP contribution in [0.2, 0.25) is 0 Å². The number of nitrogens with one attached hydrogen (secondary N) is 1. The summed E-state index contributed by atoms with van der Waals surface area (Å²) in [4.78, 5) is 0.242. The molecule has 1 aromatic carbocycles. The second kappa shape index (κ2) is 6.47. The van der Waals surface area contributed by atoms with Crippen LogP contribution in [0.1, 0.15) is 12.8 Å². The highest BCUT2D eigenvalue weighted by Gasteiger charge is 2.20. The van der Waals surface area contributed by atoms with Crippen molar-refractivity contribution in [2.45, 2.75) is 17.7 Å². The van der Waals surface area contributed by atoms with Gasteiger partial charge < -0.3 is 5.73 Å². The average molecular weight is 365 g/mol. The molecule has 0 aliphatic carbocycles. The molecule has 1 saturated heterocycles. The standard InChI is InChI=1S/C12H17BrN2O2S2/c13-11-7-10(14)1-2-12(11)19(16,17)15-8-9-3-5-18-6-4-9/h1-2,7,9,15H,3-6,8,14H2. The molecule has 0 spiro atoms. The van der Waals surface area contributed by atoms with Crippen LogP contribution in [0.3, 0.4) is 0 Å². The van der Waals surface area contributed by atoms with Gasteiger partial charge in [-0.2, -0.15) is 11.8 Å². The summed E-state index contributed by atoms with van der Waals surface area (Å²) in [5.74, 6) is 2.69. The predicted octanol–water partition coefficient (Wildman–Crippen LogP) is 2.45. The van der Waals surface area contributed by atoms with Crippen LogP contribution in [0.4, 0.5) is 5.69 Å². The molecular formula is C12H17BrN2O2S2. The molecule has 2 rings (SSSR count). The zero-order valence-electron chi connectivity index (χ0n) is 10.4. The van der Waals surface area contributed by atoms with Crippen molar-refractivity contribution in [2.75, 3.05) is 23.8 Å². The van der Waals surface area contributed by atoms with E-state index in [-0.39, 0.29) is 4.90 Å². The Kier molecular flexibility index (Phi) is 5.16. The Balaban J connectivity index is 2.05. The Morgan fingerprint density at radius 2 is 2.05 bits per heavy atom. The molecule has 19 heavy (non-hydrogen) atoms. The molecule has 1 aliphatic rings. The smallest absolute Gasteiger partial charge is 0.241 e. The molecule has 0 bridgehead atoms. The molecule has 0 saturated carbocycles. The minimum absolute atomic E-state index is 0.242. The first-order chi connectivity index (χ1) is 8.99. The van der Waals surface area contributed by atoms with Gasteiger partial charge in [0.25, 0.3) is 0 Å². The molecule has 1 aromatic rings. The minimum Gasteiger partial charge on any atom is -0.399 e. The SMILES string of the molecule is Nc1ccc(S(=O)(=O)NCC2CCSCC2)c(Br)c1. The van der Waals surface area contributed by atoms with Gasteiger partial charge in [-0.05, 0) is 64.4 Å². The molecular weight excluding hydrogens is 348 g/mol. The fraction of sp³-hybridized carbons (Fsp3) is 0.500. The van der Waals surface area contributed by atoms with Crippen LogP contribution in [0.25, 0.3) is 0 Å². The summed E-state index contributed by atoms with van der Waals surface area (Å²) >= 11 is 5.18. The molecule has 1 aliphatic heterocycles. The number of nitrogens with two attached hydrogens (primary N) is 1. The Bertz CT molecular complexity index is 543. The average Bonchev–Trinajstić information content (AvgIpc) is 2.37. The first kappa shape index (κ1) is 15.2. The number of benzene rings is 1. The van der Waals surface area contributed by atoms with Crippen LogP contribution >= 0.6 is 27.7 Å². The van der Waals surface area contributed by atoms with E-state index in [1.165, 1.54) is 6.07 Å². The van der Waals surface area contributed by atoms with Gasteiger partial charge in [0.2, 0.25) is 10.0 Å². The molecule has 4 nitrogen and oxygen atoms in total. The Hall–Kier alpha value is -0.240. The predicted molar refractivity (Wildman–Crippen MR) is 83.8 cm³/mol. The molecule has 7 heteroatoms. The highest BCUT2D eigenvalue weighted by molar-refractivity contribution is 9.10. The van der Waals surface area contributed by atoms with Crippen LogP contribution in [-0.2, 0) is 10.0 Å². The van der Waals surface area contributed by atoms with E-state index in [4.69, 9.17) is 5.73 Å². The van der Waals surface area contributed by atoms with Crippen molar-refractivity contribution in [1.82, 2.24) is 4.72 Å². The number of anilines is 1. The minimum atomic E-state index is -3.47. The van der Waals surface area contributed by atoms with Crippen molar-refractivity contribution in [2.24, 2.45) is 5.92 Å². The summed E-state index contributed by atoms with van der Waals surface area (Å²) in [6, 6.07) is 4.72. The van der Waals surface area contributed by atoms with E-state index < -0.39 is 10.0 Å². The van der Waals surface area contributed by atoms with Gasteiger partial charge in [-0.3, -0.25) is 0 Å². The van der Waals surface area contributed by atoms with Gasteiger partial charge in [0.15, 0.2) is 0 Å². The first-order valence-corrected chi connectivity index (χ1v) is 9.54. The largest absolute Gasteiger partial charge is 0.399 e. The van der Waals surface area contributed by atoms with Crippen molar-refractivity contribution in [1.29, 1.82) is 0 Å². The van der Waals surface area contributed by atoms with Crippen LogP contribution in [0.5, 0.6) is 0 Å². The molecule has 1 fully saturated rings. The summed E-state index contributed by atoms with van der Waals surface area (Å²) < 4.78 is 27.6. The summed E-state index contributed by atoms with van der Waals surface area (Å²) in [6.07, 6.45) is 2.16. The van der Waals surface area contributed by atoms with Crippen molar-refractivity contribution in [3.05, 3.63) is 22.7 Å². The number of hydrogen-bond donors (Lipinski definition) is 2. The van der Waals surface area contributed by atoms with E-state index >= 15 is 0 Å². The van der Waals surface area contributed by atoms with Crippen LogP contribution in [-0.4, -0.2) is 26.5 Å². The summed E-state index contributed by atoms with van der Waals surface area (Å²) in [7, 11) is -3.47. The van der Waals surface area contributed by atoms with E-state index in [9.17, 15) is 8.42 Å². The lowest BCUT2D eigenvalue weighted by molar-refractivity contribution is 0.476. The number of thioether (sulfide) groups is 1. The number of nitrogen functional groups attached to an aromatic ring is 1. The fourth-order valence-corrected chi connectivity index (χ4v) is 5.40. The van der Waals surface area contributed by atoms with Crippen LogP contribution in [0, 0.1) is 5.92 Å². The highest BCUT2D eigenvalue weighted by atomic mass is 79.9. The fourth-order valence-electron chi connectivity index (χ4n) is 1.99.